The molecular weight excluding hydrogens is 270 g/mol. The summed E-state index contributed by atoms with van der Waals surface area (Å²) in [4.78, 5) is 0. The molecule has 0 radical (unpaired) electrons. The van der Waals surface area contributed by atoms with Crippen LogP contribution in [0.15, 0.2) is 28.9 Å². The summed E-state index contributed by atoms with van der Waals surface area (Å²) in [5.41, 5.74) is 2.95. The lowest BCUT2D eigenvalue weighted by Crippen LogP contribution is -2.00. The predicted octanol–water partition coefficient (Wildman–Crippen LogP) is 3.19. The molecule has 1 fully saturated rings. The maximum absolute atomic E-state index is 8.49. The molecular formula is C12H14BrNO2. The Morgan fingerprint density at radius 2 is 2.31 bits per heavy atom. The van der Waals surface area contributed by atoms with Crippen LogP contribution in [0, 0.1) is 5.92 Å². The Kier molecular flexibility index (Phi) is 3.85. The molecule has 1 saturated carbocycles. The van der Waals surface area contributed by atoms with Crippen LogP contribution in [0.3, 0.4) is 0 Å². The monoisotopic (exact) mass is 283 g/mol. The van der Waals surface area contributed by atoms with Crippen LogP contribution in [0.4, 0.5) is 0 Å². The lowest BCUT2D eigenvalue weighted by molar-refractivity contribution is 0.215. The molecule has 3 nitrogen and oxygen atoms in total. The second-order valence-electron chi connectivity index (χ2n) is 3.88. The van der Waals surface area contributed by atoms with Gasteiger partial charge in [-0.15, -0.1) is 0 Å². The van der Waals surface area contributed by atoms with E-state index < -0.39 is 0 Å². The van der Waals surface area contributed by atoms with Crippen LogP contribution in [-0.4, -0.2) is 11.8 Å². The third-order valence-corrected chi connectivity index (χ3v) is 3.35. The van der Waals surface area contributed by atoms with E-state index in [-0.39, 0.29) is 0 Å². The third-order valence-electron chi connectivity index (χ3n) is 2.50. The van der Waals surface area contributed by atoms with E-state index in [4.69, 9.17) is 9.94 Å². The van der Waals surface area contributed by atoms with Crippen LogP contribution in [0.25, 0.3) is 6.08 Å². The van der Waals surface area contributed by atoms with Gasteiger partial charge in [-0.1, -0.05) is 12.1 Å². The van der Waals surface area contributed by atoms with Crippen molar-refractivity contribution in [2.24, 2.45) is 5.92 Å². The van der Waals surface area contributed by atoms with Gasteiger partial charge in [0.2, 0.25) is 0 Å². The van der Waals surface area contributed by atoms with Gasteiger partial charge in [0, 0.05) is 6.20 Å². The number of halogens is 1. The number of ether oxygens (including phenoxy) is 1. The van der Waals surface area contributed by atoms with Crippen LogP contribution < -0.4 is 10.2 Å². The summed E-state index contributed by atoms with van der Waals surface area (Å²) in [5, 5.41) is 8.49. The van der Waals surface area contributed by atoms with Gasteiger partial charge in [0.1, 0.15) is 5.75 Å². The molecule has 0 amide bonds. The van der Waals surface area contributed by atoms with Crippen molar-refractivity contribution in [2.45, 2.75) is 12.8 Å². The number of hydrogen-bond acceptors (Lipinski definition) is 3. The predicted molar refractivity (Wildman–Crippen MR) is 66.3 cm³/mol. The highest BCUT2D eigenvalue weighted by atomic mass is 79.9. The number of hydrogen-bond donors (Lipinski definition) is 2. The summed E-state index contributed by atoms with van der Waals surface area (Å²) in [6.07, 6.45) is 5.80. The zero-order chi connectivity index (χ0) is 11.4. The molecule has 86 valence electrons. The number of nitrogens with one attached hydrogen (secondary N) is 1. The van der Waals surface area contributed by atoms with Gasteiger partial charge in [0.05, 0.1) is 11.1 Å². The van der Waals surface area contributed by atoms with Gasteiger partial charge in [0.15, 0.2) is 0 Å². The van der Waals surface area contributed by atoms with E-state index in [1.165, 1.54) is 19.0 Å². The average Bonchev–Trinajstić information content (AvgIpc) is 3.10. The fraction of sp³-hybridized carbons (Fsp3) is 0.333. The Hall–Kier alpha value is -1.00. The molecule has 1 aliphatic carbocycles. The van der Waals surface area contributed by atoms with Gasteiger partial charge in [-0.2, -0.15) is 0 Å². The highest BCUT2D eigenvalue weighted by Crippen LogP contribution is 2.33. The minimum Gasteiger partial charge on any atom is -0.492 e. The largest absolute Gasteiger partial charge is 0.492 e. The minimum absolute atomic E-state index is 0.741. The summed E-state index contributed by atoms with van der Waals surface area (Å²) >= 11 is 3.50. The molecule has 1 aromatic rings. The van der Waals surface area contributed by atoms with Crippen LogP contribution in [0.2, 0.25) is 0 Å². The first-order valence-electron chi connectivity index (χ1n) is 5.28. The first kappa shape index (κ1) is 11.5. The first-order chi connectivity index (χ1) is 7.81. The Labute approximate surface area is 103 Å². The zero-order valence-corrected chi connectivity index (χ0v) is 10.4. The molecule has 2 rings (SSSR count). The van der Waals surface area contributed by atoms with Crippen molar-refractivity contribution in [1.29, 1.82) is 0 Å². The SMILES string of the molecule is ON/C=C/c1cccc(OCC2CC2)c1Br. The first-order valence-corrected chi connectivity index (χ1v) is 6.08. The molecule has 2 N–H and O–H groups in total. The molecule has 0 atom stereocenters. The maximum atomic E-state index is 8.49. The van der Waals surface area contributed by atoms with Crippen molar-refractivity contribution < 1.29 is 9.94 Å². The number of rotatable bonds is 5. The zero-order valence-electron chi connectivity index (χ0n) is 8.82. The summed E-state index contributed by atoms with van der Waals surface area (Å²) in [5.74, 6) is 1.59. The van der Waals surface area contributed by atoms with Gasteiger partial charge in [-0.25, -0.2) is 0 Å². The van der Waals surface area contributed by atoms with E-state index in [1.54, 1.807) is 6.08 Å². The normalized spacial score (nSPS) is 15.4. The molecule has 0 unspecified atom stereocenters. The Morgan fingerprint density at radius 3 is 3.00 bits per heavy atom. The highest BCUT2D eigenvalue weighted by molar-refractivity contribution is 9.10. The van der Waals surface area contributed by atoms with Crippen molar-refractivity contribution >= 4 is 22.0 Å². The molecule has 1 aromatic carbocycles. The van der Waals surface area contributed by atoms with E-state index in [1.807, 2.05) is 23.7 Å². The van der Waals surface area contributed by atoms with Gasteiger partial charge in [0.25, 0.3) is 0 Å². The van der Waals surface area contributed by atoms with E-state index in [0.717, 1.165) is 28.3 Å². The highest BCUT2D eigenvalue weighted by Gasteiger charge is 2.22. The topological polar surface area (TPSA) is 41.5 Å². The van der Waals surface area contributed by atoms with Crippen molar-refractivity contribution in [2.75, 3.05) is 6.61 Å². The molecule has 0 bridgehead atoms. The van der Waals surface area contributed by atoms with Gasteiger partial charge >= 0.3 is 0 Å². The molecule has 16 heavy (non-hydrogen) atoms. The van der Waals surface area contributed by atoms with Crippen molar-refractivity contribution in [1.82, 2.24) is 5.48 Å². The Balaban J connectivity index is 2.07. The van der Waals surface area contributed by atoms with Gasteiger partial charge in [-0.05, 0) is 52.4 Å². The molecule has 1 aliphatic rings. The van der Waals surface area contributed by atoms with Gasteiger partial charge in [-0.3, -0.25) is 10.7 Å². The summed E-state index contributed by atoms with van der Waals surface area (Å²) in [6, 6.07) is 5.82. The Morgan fingerprint density at radius 1 is 1.50 bits per heavy atom. The van der Waals surface area contributed by atoms with Gasteiger partial charge < -0.3 is 4.74 Å². The fourth-order valence-corrected chi connectivity index (χ4v) is 1.90. The van der Waals surface area contributed by atoms with Crippen LogP contribution in [0.1, 0.15) is 18.4 Å². The average molecular weight is 284 g/mol. The quantitative estimate of drug-likeness (QED) is 0.816. The molecule has 0 spiro atoms. The smallest absolute Gasteiger partial charge is 0.134 e. The molecule has 0 aliphatic heterocycles. The maximum Gasteiger partial charge on any atom is 0.134 e. The third kappa shape index (κ3) is 3.00. The molecule has 4 heteroatoms. The summed E-state index contributed by atoms with van der Waals surface area (Å²) < 4.78 is 6.64. The lowest BCUT2D eigenvalue weighted by atomic mass is 10.2. The van der Waals surface area contributed by atoms with Crippen molar-refractivity contribution in [3.8, 4) is 5.75 Å². The Bertz CT molecular complexity index is 389. The standard InChI is InChI=1S/C12H14BrNO2/c13-12-10(6-7-14-15)2-1-3-11(12)16-8-9-4-5-9/h1-3,6-7,9,14-15H,4-5,8H2/b7-6+. The van der Waals surface area contributed by atoms with Crippen molar-refractivity contribution in [3.63, 3.8) is 0 Å². The summed E-state index contributed by atoms with van der Waals surface area (Å²) in [6.45, 7) is 0.796. The van der Waals surface area contributed by atoms with Crippen molar-refractivity contribution in [3.05, 3.63) is 34.4 Å². The van der Waals surface area contributed by atoms with Crippen LogP contribution in [-0.2, 0) is 0 Å². The number of hydroxylamine groups is 1. The minimum atomic E-state index is 0.741. The molecule has 0 saturated heterocycles. The van der Waals surface area contributed by atoms with E-state index in [9.17, 15) is 0 Å². The van der Waals surface area contributed by atoms with E-state index in [2.05, 4.69) is 15.9 Å². The number of benzene rings is 1. The van der Waals surface area contributed by atoms with Crippen LogP contribution >= 0.6 is 15.9 Å². The second-order valence-corrected chi connectivity index (χ2v) is 4.67. The molecule has 0 aromatic heterocycles. The molecule has 0 heterocycles. The van der Waals surface area contributed by atoms with E-state index in [0.29, 0.717) is 0 Å². The fourth-order valence-electron chi connectivity index (χ4n) is 1.39. The van der Waals surface area contributed by atoms with E-state index >= 15 is 0 Å². The lowest BCUT2D eigenvalue weighted by Gasteiger charge is -2.09. The second kappa shape index (κ2) is 5.37. The summed E-state index contributed by atoms with van der Waals surface area (Å²) in [7, 11) is 0. The van der Waals surface area contributed by atoms with Crippen LogP contribution in [0.5, 0.6) is 5.75 Å².